The lowest BCUT2D eigenvalue weighted by molar-refractivity contribution is 0.0740. The van der Waals surface area contributed by atoms with Gasteiger partial charge in [-0.1, -0.05) is 28.1 Å². The second-order valence-corrected chi connectivity index (χ2v) is 6.71. The van der Waals surface area contributed by atoms with Gasteiger partial charge in [-0.25, -0.2) is 0 Å². The number of thiophene rings is 1. The molecule has 1 saturated heterocycles. The zero-order valence-electron chi connectivity index (χ0n) is 10.9. The molecule has 1 aliphatic rings. The largest absolute Gasteiger partial charge is 0.335 e. The third-order valence-electron chi connectivity index (χ3n) is 3.35. The van der Waals surface area contributed by atoms with E-state index in [1.807, 2.05) is 29.2 Å². The van der Waals surface area contributed by atoms with Crippen LogP contribution < -0.4 is 5.32 Å². The van der Waals surface area contributed by atoms with Gasteiger partial charge in [0.15, 0.2) is 0 Å². The summed E-state index contributed by atoms with van der Waals surface area (Å²) in [5, 5.41) is 3.26. The first kappa shape index (κ1) is 13.8. The Morgan fingerprint density at radius 3 is 2.50 bits per heavy atom. The number of nitrogens with zero attached hydrogens (tertiary/aromatic N) is 1. The average molecular weight is 351 g/mol. The Morgan fingerprint density at radius 2 is 1.80 bits per heavy atom. The van der Waals surface area contributed by atoms with Crippen LogP contribution in [0.25, 0.3) is 10.4 Å². The zero-order chi connectivity index (χ0) is 13.9. The van der Waals surface area contributed by atoms with Gasteiger partial charge in [-0.3, -0.25) is 4.79 Å². The van der Waals surface area contributed by atoms with Gasteiger partial charge in [0.1, 0.15) is 0 Å². The summed E-state index contributed by atoms with van der Waals surface area (Å²) in [6.45, 7) is 3.36. The Hall–Kier alpha value is -1.17. The Labute approximate surface area is 130 Å². The molecule has 5 heteroatoms. The van der Waals surface area contributed by atoms with Crippen LogP contribution in [0.5, 0.6) is 0 Å². The molecular formula is C15H15BrN2OS. The molecule has 1 aliphatic heterocycles. The number of piperazine rings is 1. The van der Waals surface area contributed by atoms with Gasteiger partial charge in [-0.05, 0) is 29.8 Å². The van der Waals surface area contributed by atoms with E-state index in [0.717, 1.165) is 46.0 Å². The predicted molar refractivity (Wildman–Crippen MR) is 86.2 cm³/mol. The second-order valence-electron chi connectivity index (χ2n) is 4.71. The number of carbonyl (C=O) groups is 1. The molecule has 3 rings (SSSR count). The number of rotatable bonds is 2. The van der Waals surface area contributed by atoms with E-state index in [9.17, 15) is 4.79 Å². The highest BCUT2D eigenvalue weighted by Crippen LogP contribution is 2.29. The summed E-state index contributed by atoms with van der Waals surface area (Å²) in [5.74, 6) is 0.153. The van der Waals surface area contributed by atoms with Crippen molar-refractivity contribution in [3.63, 3.8) is 0 Å². The normalized spacial score (nSPS) is 15.3. The van der Waals surface area contributed by atoms with Gasteiger partial charge < -0.3 is 10.2 Å². The van der Waals surface area contributed by atoms with Crippen molar-refractivity contribution in [2.75, 3.05) is 26.2 Å². The first-order chi connectivity index (χ1) is 9.74. The maximum atomic E-state index is 12.4. The van der Waals surface area contributed by atoms with Crippen LogP contribution in [-0.2, 0) is 0 Å². The number of carbonyl (C=O) groups excluding carboxylic acids is 1. The molecule has 2 heterocycles. The van der Waals surface area contributed by atoms with E-state index in [0.29, 0.717) is 0 Å². The van der Waals surface area contributed by atoms with Gasteiger partial charge in [0, 0.05) is 35.5 Å². The van der Waals surface area contributed by atoms with Crippen LogP contribution in [0.1, 0.15) is 9.67 Å². The summed E-state index contributed by atoms with van der Waals surface area (Å²) >= 11 is 5.00. The molecule has 0 spiro atoms. The standard InChI is InChI=1S/C15H15BrN2OS/c16-12-3-1-11(2-4-12)13-5-6-14(20-13)15(19)18-9-7-17-8-10-18/h1-6,17H,7-10H2. The molecule has 1 N–H and O–H groups in total. The molecule has 2 aromatic rings. The number of nitrogens with one attached hydrogen (secondary N) is 1. The van der Waals surface area contributed by atoms with Crippen molar-refractivity contribution in [3.8, 4) is 10.4 Å². The fraction of sp³-hybridized carbons (Fsp3) is 0.267. The molecule has 20 heavy (non-hydrogen) atoms. The summed E-state index contributed by atoms with van der Waals surface area (Å²) in [4.78, 5) is 16.3. The molecule has 1 amide bonds. The third kappa shape index (κ3) is 2.95. The van der Waals surface area contributed by atoms with Crippen LogP contribution in [0.3, 0.4) is 0 Å². The van der Waals surface area contributed by atoms with Gasteiger partial charge >= 0.3 is 0 Å². The van der Waals surface area contributed by atoms with Crippen molar-refractivity contribution >= 4 is 33.2 Å². The Morgan fingerprint density at radius 1 is 1.10 bits per heavy atom. The number of halogens is 1. The molecular weight excluding hydrogens is 336 g/mol. The van der Waals surface area contributed by atoms with E-state index >= 15 is 0 Å². The van der Waals surface area contributed by atoms with E-state index in [2.05, 4.69) is 33.4 Å². The summed E-state index contributed by atoms with van der Waals surface area (Å²) in [6, 6.07) is 12.1. The van der Waals surface area contributed by atoms with Crippen molar-refractivity contribution in [2.45, 2.75) is 0 Å². The topological polar surface area (TPSA) is 32.3 Å². The van der Waals surface area contributed by atoms with Crippen molar-refractivity contribution in [1.29, 1.82) is 0 Å². The van der Waals surface area contributed by atoms with E-state index in [-0.39, 0.29) is 5.91 Å². The lowest BCUT2D eigenvalue weighted by Crippen LogP contribution is -2.46. The average Bonchev–Trinajstić information content (AvgIpc) is 2.98. The number of amides is 1. The SMILES string of the molecule is O=C(c1ccc(-c2ccc(Br)cc2)s1)N1CCNCC1. The van der Waals surface area contributed by atoms with Gasteiger partial charge in [-0.15, -0.1) is 11.3 Å². The maximum Gasteiger partial charge on any atom is 0.264 e. The monoisotopic (exact) mass is 350 g/mol. The van der Waals surface area contributed by atoms with Crippen molar-refractivity contribution < 1.29 is 4.79 Å². The van der Waals surface area contributed by atoms with Crippen LogP contribution in [0.15, 0.2) is 40.9 Å². The lowest BCUT2D eigenvalue weighted by atomic mass is 10.2. The molecule has 0 bridgehead atoms. The molecule has 3 nitrogen and oxygen atoms in total. The number of hydrogen-bond donors (Lipinski definition) is 1. The van der Waals surface area contributed by atoms with Crippen molar-refractivity contribution in [1.82, 2.24) is 10.2 Å². The van der Waals surface area contributed by atoms with Crippen LogP contribution in [0.2, 0.25) is 0 Å². The molecule has 1 aromatic carbocycles. The van der Waals surface area contributed by atoms with Crippen LogP contribution in [0.4, 0.5) is 0 Å². The minimum absolute atomic E-state index is 0.153. The van der Waals surface area contributed by atoms with E-state index in [1.54, 1.807) is 11.3 Å². The Kier molecular flexibility index (Phi) is 4.19. The maximum absolute atomic E-state index is 12.4. The Bertz CT molecular complexity index is 603. The molecule has 0 aliphatic carbocycles. The second kappa shape index (κ2) is 6.08. The zero-order valence-corrected chi connectivity index (χ0v) is 13.3. The lowest BCUT2D eigenvalue weighted by Gasteiger charge is -2.26. The quantitative estimate of drug-likeness (QED) is 0.901. The van der Waals surface area contributed by atoms with E-state index in [4.69, 9.17) is 0 Å². The fourth-order valence-corrected chi connectivity index (χ4v) is 3.49. The molecule has 0 atom stereocenters. The molecule has 0 saturated carbocycles. The summed E-state index contributed by atoms with van der Waals surface area (Å²) in [6.07, 6.45) is 0. The van der Waals surface area contributed by atoms with Crippen LogP contribution in [0, 0.1) is 0 Å². The Balaban J connectivity index is 1.79. The van der Waals surface area contributed by atoms with E-state index < -0.39 is 0 Å². The highest BCUT2D eigenvalue weighted by molar-refractivity contribution is 9.10. The molecule has 0 radical (unpaired) electrons. The summed E-state index contributed by atoms with van der Waals surface area (Å²) in [7, 11) is 0. The third-order valence-corrected chi connectivity index (χ3v) is 5.00. The van der Waals surface area contributed by atoms with Crippen LogP contribution >= 0.6 is 27.3 Å². The highest BCUT2D eigenvalue weighted by Gasteiger charge is 2.19. The fourth-order valence-electron chi connectivity index (χ4n) is 2.25. The molecule has 1 fully saturated rings. The molecule has 1 aromatic heterocycles. The van der Waals surface area contributed by atoms with Gasteiger partial charge in [0.2, 0.25) is 0 Å². The van der Waals surface area contributed by atoms with Crippen molar-refractivity contribution in [2.24, 2.45) is 0 Å². The van der Waals surface area contributed by atoms with E-state index in [1.165, 1.54) is 0 Å². The summed E-state index contributed by atoms with van der Waals surface area (Å²) in [5.41, 5.74) is 1.15. The van der Waals surface area contributed by atoms with Gasteiger partial charge in [-0.2, -0.15) is 0 Å². The van der Waals surface area contributed by atoms with Gasteiger partial charge in [0.25, 0.3) is 5.91 Å². The summed E-state index contributed by atoms with van der Waals surface area (Å²) < 4.78 is 1.06. The van der Waals surface area contributed by atoms with Crippen LogP contribution in [-0.4, -0.2) is 37.0 Å². The first-order valence-corrected chi connectivity index (χ1v) is 8.21. The minimum atomic E-state index is 0.153. The number of hydrogen-bond acceptors (Lipinski definition) is 3. The smallest absolute Gasteiger partial charge is 0.264 e. The highest BCUT2D eigenvalue weighted by atomic mass is 79.9. The number of benzene rings is 1. The van der Waals surface area contributed by atoms with Crippen molar-refractivity contribution in [3.05, 3.63) is 45.7 Å². The minimum Gasteiger partial charge on any atom is -0.335 e. The molecule has 0 unspecified atom stereocenters. The predicted octanol–water partition coefficient (Wildman–Crippen LogP) is 3.22. The first-order valence-electron chi connectivity index (χ1n) is 6.60. The van der Waals surface area contributed by atoms with Gasteiger partial charge in [0.05, 0.1) is 4.88 Å². The molecule has 104 valence electrons.